The van der Waals surface area contributed by atoms with Crippen molar-refractivity contribution in [3.8, 4) is 0 Å². The second-order valence-corrected chi connectivity index (χ2v) is 5.53. The van der Waals surface area contributed by atoms with Crippen molar-refractivity contribution < 1.29 is 4.79 Å². The Morgan fingerprint density at radius 3 is 2.58 bits per heavy atom. The van der Waals surface area contributed by atoms with Crippen molar-refractivity contribution in [1.82, 2.24) is 4.90 Å². The number of halogens is 1. The maximum Gasteiger partial charge on any atom is 0.240 e. The topological polar surface area (TPSA) is 46.3 Å². The molecule has 1 aromatic carbocycles. The van der Waals surface area contributed by atoms with Gasteiger partial charge in [-0.05, 0) is 30.5 Å². The molecule has 2 N–H and O–H groups in total. The normalized spacial score (nSPS) is 15.7. The summed E-state index contributed by atoms with van der Waals surface area (Å²) in [6, 6.07) is 7.07. The van der Waals surface area contributed by atoms with Crippen LogP contribution < -0.4 is 5.73 Å². The van der Waals surface area contributed by atoms with Crippen molar-refractivity contribution in [3.05, 3.63) is 34.9 Å². The van der Waals surface area contributed by atoms with Crippen LogP contribution in [0.5, 0.6) is 0 Å². The van der Waals surface area contributed by atoms with Gasteiger partial charge in [0.05, 0.1) is 12.1 Å². The number of nitrogens with zero attached hydrogens (tertiary/aromatic N) is 1. The van der Waals surface area contributed by atoms with Gasteiger partial charge in [0.25, 0.3) is 0 Å². The third-order valence-electron chi connectivity index (χ3n) is 3.80. The molecule has 106 valence electrons. The first kappa shape index (κ1) is 16.0. The van der Waals surface area contributed by atoms with E-state index >= 15 is 0 Å². The van der Waals surface area contributed by atoms with E-state index in [0.717, 1.165) is 12.0 Å². The number of carbonyl (C=O) groups excluding carboxylic acids is 1. The van der Waals surface area contributed by atoms with Gasteiger partial charge in [-0.2, -0.15) is 0 Å². The largest absolute Gasteiger partial charge is 0.338 e. The molecule has 3 unspecified atom stereocenters. The number of hydrogen-bond donors (Lipinski definition) is 1. The van der Waals surface area contributed by atoms with E-state index in [-0.39, 0.29) is 17.9 Å². The SMILES string of the molecule is CCC(C)C(N)C(=O)N(C)C(C)c1cccc(Cl)c1. The smallest absolute Gasteiger partial charge is 0.240 e. The summed E-state index contributed by atoms with van der Waals surface area (Å²) in [5.41, 5.74) is 7.01. The number of amides is 1. The molecule has 19 heavy (non-hydrogen) atoms. The van der Waals surface area contributed by atoms with Gasteiger partial charge in [-0.3, -0.25) is 4.79 Å². The third-order valence-corrected chi connectivity index (χ3v) is 4.04. The zero-order chi connectivity index (χ0) is 14.6. The van der Waals surface area contributed by atoms with Gasteiger partial charge in [0.15, 0.2) is 0 Å². The lowest BCUT2D eigenvalue weighted by molar-refractivity contribution is -0.134. The number of benzene rings is 1. The van der Waals surface area contributed by atoms with Crippen molar-refractivity contribution in [2.75, 3.05) is 7.05 Å². The molecule has 1 rings (SSSR count). The lowest BCUT2D eigenvalue weighted by atomic mass is 9.98. The Kier molecular flexibility index (Phi) is 5.83. The maximum atomic E-state index is 12.3. The average Bonchev–Trinajstić information content (AvgIpc) is 2.43. The molecule has 3 atom stereocenters. The Balaban J connectivity index is 2.82. The van der Waals surface area contributed by atoms with E-state index < -0.39 is 6.04 Å². The predicted molar refractivity (Wildman–Crippen MR) is 80.1 cm³/mol. The van der Waals surface area contributed by atoms with Crippen LogP contribution in [-0.2, 0) is 4.79 Å². The van der Waals surface area contributed by atoms with E-state index in [2.05, 4.69) is 0 Å². The van der Waals surface area contributed by atoms with Crippen LogP contribution in [0.3, 0.4) is 0 Å². The van der Waals surface area contributed by atoms with E-state index in [1.165, 1.54) is 0 Å². The van der Waals surface area contributed by atoms with E-state index in [9.17, 15) is 4.79 Å². The molecule has 4 heteroatoms. The molecule has 0 bridgehead atoms. The summed E-state index contributed by atoms with van der Waals surface area (Å²) in [6.07, 6.45) is 0.895. The maximum absolute atomic E-state index is 12.3. The number of rotatable bonds is 5. The Bertz CT molecular complexity index is 436. The molecule has 0 spiro atoms. The minimum absolute atomic E-state index is 0.0261. The second-order valence-electron chi connectivity index (χ2n) is 5.09. The summed E-state index contributed by atoms with van der Waals surface area (Å²) in [7, 11) is 1.79. The van der Waals surface area contributed by atoms with Gasteiger partial charge in [-0.15, -0.1) is 0 Å². The van der Waals surface area contributed by atoms with Crippen LogP contribution in [0.1, 0.15) is 38.8 Å². The lowest BCUT2D eigenvalue weighted by Gasteiger charge is -2.30. The van der Waals surface area contributed by atoms with Crippen LogP contribution in [0.15, 0.2) is 24.3 Å². The Labute approximate surface area is 120 Å². The highest BCUT2D eigenvalue weighted by Gasteiger charge is 2.26. The monoisotopic (exact) mass is 282 g/mol. The van der Waals surface area contributed by atoms with Gasteiger partial charge >= 0.3 is 0 Å². The van der Waals surface area contributed by atoms with Crippen LogP contribution in [0.25, 0.3) is 0 Å². The first-order valence-electron chi connectivity index (χ1n) is 6.66. The summed E-state index contributed by atoms with van der Waals surface area (Å²) < 4.78 is 0. The number of carbonyl (C=O) groups is 1. The van der Waals surface area contributed by atoms with Gasteiger partial charge in [-0.1, -0.05) is 44.0 Å². The second kappa shape index (κ2) is 6.92. The first-order valence-corrected chi connectivity index (χ1v) is 7.04. The van der Waals surface area contributed by atoms with E-state index in [1.807, 2.05) is 45.0 Å². The van der Waals surface area contributed by atoms with Crippen molar-refractivity contribution in [1.29, 1.82) is 0 Å². The number of likely N-dealkylation sites (N-methyl/N-ethyl adjacent to an activating group) is 1. The fourth-order valence-electron chi connectivity index (χ4n) is 1.91. The van der Waals surface area contributed by atoms with Gasteiger partial charge in [0.2, 0.25) is 5.91 Å². The molecule has 3 nitrogen and oxygen atoms in total. The lowest BCUT2D eigenvalue weighted by Crippen LogP contribution is -2.46. The standard InChI is InChI=1S/C15H23ClN2O/c1-5-10(2)14(17)15(19)18(4)11(3)12-7-6-8-13(16)9-12/h6-11,14H,5,17H2,1-4H3. The van der Waals surface area contributed by atoms with Crippen molar-refractivity contribution in [2.45, 2.75) is 39.3 Å². The van der Waals surface area contributed by atoms with Crippen LogP contribution in [-0.4, -0.2) is 23.9 Å². The van der Waals surface area contributed by atoms with Crippen LogP contribution in [0.2, 0.25) is 5.02 Å². The predicted octanol–water partition coefficient (Wildman–Crippen LogP) is 3.23. The molecule has 0 saturated carbocycles. The molecular formula is C15H23ClN2O. The Morgan fingerprint density at radius 1 is 1.42 bits per heavy atom. The first-order chi connectivity index (χ1) is 8.88. The molecule has 0 fully saturated rings. The summed E-state index contributed by atoms with van der Waals surface area (Å²) in [6.45, 7) is 6.02. The quantitative estimate of drug-likeness (QED) is 0.901. The van der Waals surface area contributed by atoms with Crippen molar-refractivity contribution >= 4 is 17.5 Å². The summed E-state index contributed by atoms with van der Waals surface area (Å²) in [5, 5.41) is 0.677. The molecule has 0 saturated heterocycles. The highest BCUT2D eigenvalue weighted by Crippen LogP contribution is 2.23. The molecule has 0 radical (unpaired) electrons. The molecule has 1 aromatic rings. The van der Waals surface area contributed by atoms with Gasteiger partial charge < -0.3 is 10.6 Å². The summed E-state index contributed by atoms with van der Waals surface area (Å²) in [4.78, 5) is 14.0. The van der Waals surface area contributed by atoms with Crippen LogP contribution in [0.4, 0.5) is 0 Å². The molecule has 0 heterocycles. The average molecular weight is 283 g/mol. The fourth-order valence-corrected chi connectivity index (χ4v) is 2.11. The van der Waals surface area contributed by atoms with Crippen molar-refractivity contribution in [2.24, 2.45) is 11.7 Å². The van der Waals surface area contributed by atoms with Gasteiger partial charge in [0, 0.05) is 12.1 Å². The number of nitrogens with two attached hydrogens (primary N) is 1. The summed E-state index contributed by atoms with van der Waals surface area (Å²) >= 11 is 5.98. The van der Waals surface area contributed by atoms with Gasteiger partial charge in [-0.25, -0.2) is 0 Å². The molecule has 1 amide bonds. The minimum atomic E-state index is -0.448. The van der Waals surface area contributed by atoms with E-state index in [0.29, 0.717) is 5.02 Å². The van der Waals surface area contributed by atoms with Gasteiger partial charge in [0.1, 0.15) is 0 Å². The Hall–Kier alpha value is -1.06. The highest BCUT2D eigenvalue weighted by molar-refractivity contribution is 6.30. The summed E-state index contributed by atoms with van der Waals surface area (Å²) in [5.74, 6) is 0.156. The van der Waals surface area contributed by atoms with E-state index in [4.69, 9.17) is 17.3 Å². The molecule has 0 aliphatic carbocycles. The zero-order valence-electron chi connectivity index (χ0n) is 12.1. The van der Waals surface area contributed by atoms with E-state index in [1.54, 1.807) is 11.9 Å². The minimum Gasteiger partial charge on any atom is -0.338 e. The molecule has 0 aromatic heterocycles. The Morgan fingerprint density at radius 2 is 2.05 bits per heavy atom. The number of hydrogen-bond acceptors (Lipinski definition) is 2. The van der Waals surface area contributed by atoms with Crippen LogP contribution in [0, 0.1) is 5.92 Å². The molecular weight excluding hydrogens is 260 g/mol. The van der Waals surface area contributed by atoms with Crippen molar-refractivity contribution in [3.63, 3.8) is 0 Å². The molecule has 0 aliphatic heterocycles. The zero-order valence-corrected chi connectivity index (χ0v) is 12.8. The molecule has 0 aliphatic rings. The van der Waals surface area contributed by atoms with Crippen LogP contribution >= 0.6 is 11.6 Å². The third kappa shape index (κ3) is 3.95. The fraction of sp³-hybridized carbons (Fsp3) is 0.533. The highest BCUT2D eigenvalue weighted by atomic mass is 35.5.